The first-order valence-electron chi connectivity index (χ1n) is 8.91. The molecule has 0 saturated heterocycles. The second-order valence-corrected chi connectivity index (χ2v) is 6.98. The largest absolute Gasteiger partial charge is 0.497 e. The van der Waals surface area contributed by atoms with Crippen LogP contribution in [-0.2, 0) is 6.54 Å². The predicted molar refractivity (Wildman–Crippen MR) is 99.2 cm³/mol. The van der Waals surface area contributed by atoms with Gasteiger partial charge in [-0.25, -0.2) is 4.79 Å². The molecule has 0 spiro atoms. The Morgan fingerprint density at radius 2 is 1.88 bits per heavy atom. The molecule has 0 heterocycles. The summed E-state index contributed by atoms with van der Waals surface area (Å²) in [4.78, 5) is 14.4. The number of ether oxygens (including phenoxy) is 2. The highest BCUT2D eigenvalue weighted by Gasteiger charge is 2.22. The first-order chi connectivity index (χ1) is 12.0. The van der Waals surface area contributed by atoms with Gasteiger partial charge < -0.3 is 25.0 Å². The molecule has 2 N–H and O–H groups in total. The number of rotatable bonds is 7. The van der Waals surface area contributed by atoms with E-state index in [9.17, 15) is 4.79 Å². The molecule has 0 aliphatic heterocycles. The highest BCUT2D eigenvalue weighted by molar-refractivity contribution is 5.74. The summed E-state index contributed by atoms with van der Waals surface area (Å²) in [5.41, 5.74) is 0.924. The predicted octanol–water partition coefficient (Wildman–Crippen LogP) is 2.62. The lowest BCUT2D eigenvalue weighted by atomic mass is 9.86. The van der Waals surface area contributed by atoms with Gasteiger partial charge in [0.15, 0.2) is 0 Å². The van der Waals surface area contributed by atoms with Gasteiger partial charge in [-0.2, -0.15) is 0 Å². The Kier molecular flexibility index (Phi) is 7.37. The Balaban J connectivity index is 1.76. The van der Waals surface area contributed by atoms with Crippen LogP contribution in [0.4, 0.5) is 4.79 Å². The van der Waals surface area contributed by atoms with Gasteiger partial charge in [-0.1, -0.05) is 0 Å². The molecule has 0 unspecified atom stereocenters. The van der Waals surface area contributed by atoms with Crippen LogP contribution in [0.15, 0.2) is 18.2 Å². The van der Waals surface area contributed by atoms with E-state index in [0.717, 1.165) is 36.6 Å². The molecule has 0 aromatic heterocycles. The van der Waals surface area contributed by atoms with Gasteiger partial charge in [-0.3, -0.25) is 0 Å². The molecular formula is C19H31N3O3. The Hall–Kier alpha value is -1.95. The van der Waals surface area contributed by atoms with Crippen molar-refractivity contribution in [2.24, 2.45) is 5.92 Å². The molecular weight excluding hydrogens is 318 g/mol. The minimum atomic E-state index is -0.117. The molecule has 6 nitrogen and oxygen atoms in total. The minimum Gasteiger partial charge on any atom is -0.497 e. The third-order valence-corrected chi connectivity index (χ3v) is 4.74. The van der Waals surface area contributed by atoms with Gasteiger partial charge in [0.05, 0.1) is 14.2 Å². The zero-order valence-electron chi connectivity index (χ0n) is 15.8. The van der Waals surface area contributed by atoms with Gasteiger partial charge in [0.2, 0.25) is 0 Å². The molecule has 1 aliphatic rings. The minimum absolute atomic E-state index is 0.117. The lowest BCUT2D eigenvalue weighted by Gasteiger charge is -2.30. The SMILES string of the molecule is COc1ccc(CNC(=O)N[C@H]2CC[C@H](CN(C)C)CC2)c(OC)c1. The van der Waals surface area contributed by atoms with E-state index in [2.05, 4.69) is 29.6 Å². The summed E-state index contributed by atoms with van der Waals surface area (Å²) in [6, 6.07) is 5.75. The number of nitrogens with one attached hydrogen (secondary N) is 2. The zero-order valence-corrected chi connectivity index (χ0v) is 15.8. The third-order valence-electron chi connectivity index (χ3n) is 4.74. The van der Waals surface area contributed by atoms with Crippen molar-refractivity contribution < 1.29 is 14.3 Å². The fraction of sp³-hybridized carbons (Fsp3) is 0.632. The Morgan fingerprint density at radius 1 is 1.16 bits per heavy atom. The summed E-state index contributed by atoms with van der Waals surface area (Å²) in [7, 11) is 7.47. The van der Waals surface area contributed by atoms with Crippen molar-refractivity contribution >= 4 is 6.03 Å². The zero-order chi connectivity index (χ0) is 18.2. The van der Waals surface area contributed by atoms with Crippen molar-refractivity contribution in [3.8, 4) is 11.5 Å². The maximum absolute atomic E-state index is 12.2. The summed E-state index contributed by atoms with van der Waals surface area (Å²) in [6.45, 7) is 1.56. The topological polar surface area (TPSA) is 62.8 Å². The van der Waals surface area contributed by atoms with Crippen LogP contribution in [0.25, 0.3) is 0 Å². The Morgan fingerprint density at radius 3 is 2.48 bits per heavy atom. The highest BCUT2D eigenvalue weighted by Crippen LogP contribution is 2.25. The van der Waals surface area contributed by atoms with E-state index < -0.39 is 0 Å². The van der Waals surface area contributed by atoms with Crippen LogP contribution in [-0.4, -0.2) is 51.8 Å². The van der Waals surface area contributed by atoms with Gasteiger partial charge in [0, 0.05) is 30.8 Å². The average molecular weight is 349 g/mol. The van der Waals surface area contributed by atoms with Crippen LogP contribution < -0.4 is 20.1 Å². The first kappa shape index (κ1) is 19.4. The number of amides is 2. The third kappa shape index (κ3) is 6.12. The van der Waals surface area contributed by atoms with Gasteiger partial charge in [-0.05, 0) is 57.8 Å². The summed E-state index contributed by atoms with van der Waals surface area (Å²) < 4.78 is 10.5. The second-order valence-electron chi connectivity index (χ2n) is 6.98. The highest BCUT2D eigenvalue weighted by atomic mass is 16.5. The number of methoxy groups -OCH3 is 2. The van der Waals surface area contributed by atoms with Crippen molar-refractivity contribution in [2.45, 2.75) is 38.3 Å². The van der Waals surface area contributed by atoms with E-state index in [-0.39, 0.29) is 12.1 Å². The number of carbonyl (C=O) groups is 1. The van der Waals surface area contributed by atoms with E-state index in [1.165, 1.54) is 12.8 Å². The summed E-state index contributed by atoms with van der Waals surface area (Å²) in [5.74, 6) is 2.20. The molecule has 0 bridgehead atoms. The van der Waals surface area contributed by atoms with Crippen LogP contribution >= 0.6 is 0 Å². The second kappa shape index (κ2) is 9.51. The molecule has 1 aromatic carbocycles. The van der Waals surface area contributed by atoms with E-state index in [0.29, 0.717) is 12.3 Å². The summed E-state index contributed by atoms with van der Waals surface area (Å²) in [5, 5.41) is 6.02. The van der Waals surface area contributed by atoms with Crippen molar-refractivity contribution in [2.75, 3.05) is 34.9 Å². The first-order valence-corrected chi connectivity index (χ1v) is 8.91. The van der Waals surface area contributed by atoms with Gasteiger partial charge in [-0.15, -0.1) is 0 Å². The molecule has 2 rings (SSSR count). The quantitative estimate of drug-likeness (QED) is 0.794. The molecule has 0 radical (unpaired) electrons. The maximum Gasteiger partial charge on any atom is 0.315 e. The number of hydrogen-bond acceptors (Lipinski definition) is 4. The van der Waals surface area contributed by atoms with Crippen LogP contribution in [0.2, 0.25) is 0 Å². The van der Waals surface area contributed by atoms with Crippen LogP contribution in [0, 0.1) is 5.92 Å². The van der Waals surface area contributed by atoms with Crippen molar-refractivity contribution in [1.29, 1.82) is 0 Å². The molecule has 1 aromatic rings. The molecule has 6 heteroatoms. The van der Waals surface area contributed by atoms with Crippen molar-refractivity contribution in [1.82, 2.24) is 15.5 Å². The van der Waals surface area contributed by atoms with Crippen LogP contribution in [0.5, 0.6) is 11.5 Å². The molecule has 2 amide bonds. The van der Waals surface area contributed by atoms with E-state index in [1.807, 2.05) is 18.2 Å². The number of hydrogen-bond donors (Lipinski definition) is 2. The normalized spacial score (nSPS) is 20.2. The lowest BCUT2D eigenvalue weighted by Crippen LogP contribution is -2.44. The molecule has 0 atom stereocenters. The summed E-state index contributed by atoms with van der Waals surface area (Å²) >= 11 is 0. The molecule has 25 heavy (non-hydrogen) atoms. The summed E-state index contributed by atoms with van der Waals surface area (Å²) in [6.07, 6.45) is 4.46. The number of benzene rings is 1. The number of carbonyl (C=O) groups excluding carboxylic acids is 1. The van der Waals surface area contributed by atoms with E-state index in [4.69, 9.17) is 9.47 Å². The lowest BCUT2D eigenvalue weighted by molar-refractivity contribution is 0.215. The maximum atomic E-state index is 12.2. The van der Waals surface area contributed by atoms with Gasteiger partial charge in [0.25, 0.3) is 0 Å². The van der Waals surface area contributed by atoms with E-state index in [1.54, 1.807) is 14.2 Å². The standard InChI is InChI=1S/C19H31N3O3/c1-22(2)13-14-5-8-16(9-6-14)21-19(23)20-12-15-7-10-17(24-3)11-18(15)25-4/h7,10-11,14,16H,5-6,8-9,12-13H2,1-4H3,(H2,20,21,23)/t14-,16-. The Labute approximate surface area is 150 Å². The van der Waals surface area contributed by atoms with Gasteiger partial charge in [0.1, 0.15) is 11.5 Å². The smallest absolute Gasteiger partial charge is 0.315 e. The number of nitrogens with zero attached hydrogens (tertiary/aromatic N) is 1. The average Bonchev–Trinajstić information content (AvgIpc) is 2.61. The molecule has 1 aliphatic carbocycles. The van der Waals surface area contributed by atoms with Crippen molar-refractivity contribution in [3.63, 3.8) is 0 Å². The number of urea groups is 1. The molecule has 1 saturated carbocycles. The fourth-order valence-electron chi connectivity index (χ4n) is 3.42. The van der Waals surface area contributed by atoms with Gasteiger partial charge >= 0.3 is 6.03 Å². The van der Waals surface area contributed by atoms with Crippen molar-refractivity contribution in [3.05, 3.63) is 23.8 Å². The van der Waals surface area contributed by atoms with Crippen LogP contribution in [0.1, 0.15) is 31.2 Å². The Bertz CT molecular complexity index is 555. The van der Waals surface area contributed by atoms with E-state index >= 15 is 0 Å². The monoisotopic (exact) mass is 349 g/mol. The van der Waals surface area contributed by atoms with Crippen LogP contribution in [0.3, 0.4) is 0 Å². The molecule has 140 valence electrons. The fourth-order valence-corrected chi connectivity index (χ4v) is 3.42. The molecule has 1 fully saturated rings.